The summed E-state index contributed by atoms with van der Waals surface area (Å²) < 4.78 is 18.4. The number of hydrogen-bond donors (Lipinski definition) is 2. The zero-order valence-corrected chi connectivity index (χ0v) is 9.61. The molecule has 0 aliphatic rings. The number of rotatable bonds is 6. The molecule has 1 aromatic rings. The fourth-order valence-electron chi connectivity index (χ4n) is 1.24. The lowest BCUT2D eigenvalue weighted by atomic mass is 10.3. The number of aliphatic carboxylic acids is 1. The SMILES string of the molecule is CCc1ncnc(NCC(OC)C(=O)O)c1F. The summed E-state index contributed by atoms with van der Waals surface area (Å²) in [5.74, 6) is -1.69. The van der Waals surface area contributed by atoms with E-state index in [0.29, 0.717) is 6.42 Å². The molecule has 0 aliphatic carbocycles. The van der Waals surface area contributed by atoms with Gasteiger partial charge in [0.05, 0.1) is 12.2 Å². The fraction of sp³-hybridized carbons (Fsp3) is 0.500. The Bertz CT molecular complexity index is 400. The van der Waals surface area contributed by atoms with Crippen LogP contribution in [-0.4, -0.2) is 40.8 Å². The summed E-state index contributed by atoms with van der Waals surface area (Å²) in [7, 11) is 1.27. The minimum Gasteiger partial charge on any atom is -0.479 e. The van der Waals surface area contributed by atoms with Crippen molar-refractivity contribution in [3.8, 4) is 0 Å². The molecule has 0 aliphatic heterocycles. The number of hydrogen-bond acceptors (Lipinski definition) is 5. The molecule has 0 bridgehead atoms. The zero-order valence-electron chi connectivity index (χ0n) is 9.61. The van der Waals surface area contributed by atoms with Gasteiger partial charge in [-0.15, -0.1) is 0 Å². The maximum atomic E-state index is 13.7. The van der Waals surface area contributed by atoms with Gasteiger partial charge in [-0.3, -0.25) is 0 Å². The molecular formula is C10H14FN3O3. The van der Waals surface area contributed by atoms with E-state index in [1.807, 2.05) is 0 Å². The van der Waals surface area contributed by atoms with Gasteiger partial charge in [0.1, 0.15) is 6.33 Å². The van der Waals surface area contributed by atoms with E-state index in [2.05, 4.69) is 15.3 Å². The highest BCUT2D eigenvalue weighted by Crippen LogP contribution is 2.13. The van der Waals surface area contributed by atoms with Gasteiger partial charge in [0.25, 0.3) is 0 Å². The van der Waals surface area contributed by atoms with Crippen LogP contribution in [0, 0.1) is 5.82 Å². The molecule has 0 fully saturated rings. The second-order valence-corrected chi connectivity index (χ2v) is 3.28. The largest absolute Gasteiger partial charge is 0.479 e. The van der Waals surface area contributed by atoms with Gasteiger partial charge in [-0.25, -0.2) is 19.2 Å². The van der Waals surface area contributed by atoms with Crippen molar-refractivity contribution in [2.45, 2.75) is 19.4 Å². The van der Waals surface area contributed by atoms with Crippen LogP contribution in [0.5, 0.6) is 0 Å². The Hall–Kier alpha value is -1.76. The molecule has 0 spiro atoms. The highest BCUT2D eigenvalue weighted by atomic mass is 19.1. The standard InChI is InChI=1S/C10H14FN3O3/c1-3-6-8(11)9(14-5-13-6)12-4-7(17-2)10(15)16/h5,7H,3-4H2,1-2H3,(H,15,16)(H,12,13,14). The maximum Gasteiger partial charge on any atom is 0.334 e. The maximum absolute atomic E-state index is 13.7. The lowest BCUT2D eigenvalue weighted by Gasteiger charge is -2.12. The molecule has 0 radical (unpaired) electrons. The molecule has 17 heavy (non-hydrogen) atoms. The summed E-state index contributed by atoms with van der Waals surface area (Å²) in [5, 5.41) is 11.3. The molecule has 0 aromatic carbocycles. The highest BCUT2D eigenvalue weighted by Gasteiger charge is 2.17. The van der Waals surface area contributed by atoms with E-state index in [0.717, 1.165) is 0 Å². The minimum absolute atomic E-state index is 0.0137. The van der Waals surface area contributed by atoms with Crippen molar-refractivity contribution < 1.29 is 19.0 Å². The summed E-state index contributed by atoms with van der Waals surface area (Å²) in [6.07, 6.45) is 0.622. The number of aryl methyl sites for hydroxylation is 1. The van der Waals surface area contributed by atoms with Crippen LogP contribution in [0.3, 0.4) is 0 Å². The van der Waals surface area contributed by atoms with Gasteiger partial charge in [0.15, 0.2) is 17.7 Å². The van der Waals surface area contributed by atoms with Crippen LogP contribution in [0.2, 0.25) is 0 Å². The summed E-state index contributed by atoms with van der Waals surface area (Å²) in [6.45, 7) is 1.70. The first-order chi connectivity index (χ1) is 8.10. The first-order valence-corrected chi connectivity index (χ1v) is 5.09. The molecule has 0 amide bonds. The van der Waals surface area contributed by atoms with Gasteiger partial charge < -0.3 is 15.2 Å². The number of nitrogens with zero attached hydrogens (tertiary/aromatic N) is 2. The highest BCUT2D eigenvalue weighted by molar-refractivity contribution is 5.73. The molecule has 6 nitrogen and oxygen atoms in total. The van der Waals surface area contributed by atoms with Crippen LogP contribution >= 0.6 is 0 Å². The summed E-state index contributed by atoms with van der Waals surface area (Å²) in [5.41, 5.74) is 0.284. The molecule has 0 saturated heterocycles. The molecular weight excluding hydrogens is 229 g/mol. The van der Waals surface area contributed by atoms with Crippen LogP contribution in [0.25, 0.3) is 0 Å². The molecule has 2 N–H and O–H groups in total. The van der Waals surface area contributed by atoms with Crippen molar-refractivity contribution >= 4 is 11.8 Å². The van der Waals surface area contributed by atoms with Crippen LogP contribution < -0.4 is 5.32 Å². The zero-order chi connectivity index (χ0) is 12.8. The molecule has 1 aromatic heterocycles. The lowest BCUT2D eigenvalue weighted by molar-refractivity contribution is -0.147. The van der Waals surface area contributed by atoms with Gasteiger partial charge in [-0.1, -0.05) is 6.92 Å². The van der Waals surface area contributed by atoms with E-state index in [4.69, 9.17) is 9.84 Å². The van der Waals surface area contributed by atoms with E-state index < -0.39 is 17.9 Å². The van der Waals surface area contributed by atoms with E-state index in [-0.39, 0.29) is 18.1 Å². The van der Waals surface area contributed by atoms with Crippen molar-refractivity contribution in [3.63, 3.8) is 0 Å². The normalized spacial score (nSPS) is 12.2. The number of nitrogens with one attached hydrogen (secondary N) is 1. The summed E-state index contributed by atoms with van der Waals surface area (Å²) in [6, 6.07) is 0. The monoisotopic (exact) mass is 243 g/mol. The molecule has 1 atom stereocenters. The van der Waals surface area contributed by atoms with Crippen molar-refractivity contribution in [1.82, 2.24) is 9.97 Å². The fourth-order valence-corrected chi connectivity index (χ4v) is 1.24. The third-order valence-corrected chi connectivity index (χ3v) is 2.21. The summed E-state index contributed by atoms with van der Waals surface area (Å²) in [4.78, 5) is 18.1. The molecule has 7 heteroatoms. The number of aromatic nitrogens is 2. The number of carboxylic acid groups (broad SMARTS) is 1. The Morgan fingerprint density at radius 1 is 1.65 bits per heavy atom. The number of carboxylic acids is 1. The third-order valence-electron chi connectivity index (χ3n) is 2.21. The molecule has 1 heterocycles. The van der Waals surface area contributed by atoms with Crippen LogP contribution in [-0.2, 0) is 16.0 Å². The van der Waals surface area contributed by atoms with E-state index in [1.54, 1.807) is 6.92 Å². The van der Waals surface area contributed by atoms with Gasteiger partial charge in [0, 0.05) is 7.11 Å². The van der Waals surface area contributed by atoms with E-state index >= 15 is 0 Å². The Labute approximate surface area is 97.8 Å². The first-order valence-electron chi connectivity index (χ1n) is 5.09. The second kappa shape index (κ2) is 6.09. The Morgan fingerprint density at radius 3 is 2.88 bits per heavy atom. The van der Waals surface area contributed by atoms with Crippen molar-refractivity contribution in [2.24, 2.45) is 0 Å². The topological polar surface area (TPSA) is 84.3 Å². The summed E-state index contributed by atoms with van der Waals surface area (Å²) >= 11 is 0. The molecule has 94 valence electrons. The third kappa shape index (κ3) is 3.35. The quantitative estimate of drug-likeness (QED) is 0.764. The Morgan fingerprint density at radius 2 is 2.35 bits per heavy atom. The van der Waals surface area contributed by atoms with Crippen LogP contribution in [0.15, 0.2) is 6.33 Å². The number of anilines is 1. The number of methoxy groups -OCH3 is 1. The smallest absolute Gasteiger partial charge is 0.334 e. The number of carbonyl (C=O) groups is 1. The first kappa shape index (κ1) is 13.3. The van der Waals surface area contributed by atoms with Crippen LogP contribution in [0.4, 0.5) is 10.2 Å². The average molecular weight is 243 g/mol. The Balaban J connectivity index is 2.72. The predicted molar refractivity (Wildman–Crippen MR) is 58.3 cm³/mol. The van der Waals surface area contributed by atoms with Crippen molar-refractivity contribution in [2.75, 3.05) is 19.0 Å². The van der Waals surface area contributed by atoms with E-state index in [9.17, 15) is 9.18 Å². The minimum atomic E-state index is -1.12. The number of halogens is 1. The average Bonchev–Trinajstić information content (AvgIpc) is 2.31. The molecule has 1 unspecified atom stereocenters. The Kier molecular flexibility index (Phi) is 4.77. The van der Waals surface area contributed by atoms with Gasteiger partial charge in [-0.2, -0.15) is 0 Å². The lowest BCUT2D eigenvalue weighted by Crippen LogP contribution is -2.31. The second-order valence-electron chi connectivity index (χ2n) is 3.28. The van der Waals surface area contributed by atoms with Crippen molar-refractivity contribution in [1.29, 1.82) is 0 Å². The van der Waals surface area contributed by atoms with Crippen molar-refractivity contribution in [3.05, 3.63) is 17.8 Å². The number of ether oxygens (including phenoxy) is 1. The van der Waals surface area contributed by atoms with Gasteiger partial charge in [-0.05, 0) is 6.42 Å². The van der Waals surface area contributed by atoms with Crippen LogP contribution in [0.1, 0.15) is 12.6 Å². The predicted octanol–water partition coefficient (Wildman–Crippen LogP) is 0.690. The molecule has 0 saturated carbocycles. The molecule has 1 rings (SSSR count). The van der Waals surface area contributed by atoms with E-state index in [1.165, 1.54) is 13.4 Å². The van der Waals surface area contributed by atoms with Gasteiger partial charge in [0.2, 0.25) is 0 Å². The van der Waals surface area contributed by atoms with Gasteiger partial charge >= 0.3 is 5.97 Å².